The molecule has 1 aliphatic heterocycles. The molecule has 2 nitrogen and oxygen atoms in total. The Balaban J connectivity index is 2.41. The van der Waals surface area contributed by atoms with Gasteiger partial charge in [-0.1, -0.05) is 13.0 Å². The molecule has 0 amide bonds. The lowest BCUT2D eigenvalue weighted by atomic mass is 10.00. The Bertz CT molecular complexity index is 307. The van der Waals surface area contributed by atoms with Gasteiger partial charge in [0.05, 0.1) is 12.7 Å². The van der Waals surface area contributed by atoms with E-state index in [0.717, 1.165) is 17.7 Å². The lowest BCUT2D eigenvalue weighted by Crippen LogP contribution is -2.13. The van der Waals surface area contributed by atoms with E-state index >= 15 is 0 Å². The van der Waals surface area contributed by atoms with Crippen molar-refractivity contribution in [3.05, 3.63) is 29.3 Å². The van der Waals surface area contributed by atoms with Crippen LogP contribution in [0.1, 0.15) is 30.6 Å². The number of aryl methyl sites for hydroxylation is 1. The Labute approximate surface area is 78.2 Å². The van der Waals surface area contributed by atoms with Crippen molar-refractivity contribution in [1.29, 1.82) is 0 Å². The van der Waals surface area contributed by atoms with Gasteiger partial charge in [-0.05, 0) is 24.1 Å². The molecular weight excluding hydrogens is 164 g/mol. The Kier molecular flexibility index (Phi) is 2.23. The molecule has 1 aromatic rings. The summed E-state index contributed by atoms with van der Waals surface area (Å²) < 4.78 is 5.43. The van der Waals surface area contributed by atoms with Crippen molar-refractivity contribution in [2.24, 2.45) is 0 Å². The van der Waals surface area contributed by atoms with Gasteiger partial charge in [0.25, 0.3) is 0 Å². The second kappa shape index (κ2) is 3.38. The van der Waals surface area contributed by atoms with E-state index in [1.54, 1.807) is 0 Å². The van der Waals surface area contributed by atoms with Crippen LogP contribution in [-0.2, 0) is 6.42 Å². The van der Waals surface area contributed by atoms with Gasteiger partial charge >= 0.3 is 0 Å². The Morgan fingerprint density at radius 2 is 2.38 bits per heavy atom. The number of hydrogen-bond acceptors (Lipinski definition) is 2. The standard InChI is InChI=1S/C11H14O2/c1-2-8-3-4-11-9(7-8)10(12)5-6-13-11/h3-4,7,10,12H,2,5-6H2,1H3/t10-/m1/s1. The number of hydrogen-bond donors (Lipinski definition) is 1. The van der Waals surface area contributed by atoms with E-state index in [2.05, 4.69) is 13.0 Å². The number of fused-ring (bicyclic) bond motifs is 1. The molecule has 0 fully saturated rings. The van der Waals surface area contributed by atoms with Crippen LogP contribution in [0.15, 0.2) is 18.2 Å². The molecule has 1 atom stereocenters. The first-order chi connectivity index (χ1) is 6.31. The molecule has 0 bridgehead atoms. The third-order valence-corrected chi connectivity index (χ3v) is 2.49. The molecule has 70 valence electrons. The van der Waals surface area contributed by atoms with E-state index in [1.807, 2.05) is 12.1 Å². The number of aliphatic hydroxyl groups is 1. The molecular formula is C11H14O2. The third-order valence-electron chi connectivity index (χ3n) is 2.49. The first-order valence-corrected chi connectivity index (χ1v) is 4.75. The van der Waals surface area contributed by atoms with Crippen LogP contribution in [0.5, 0.6) is 5.75 Å². The van der Waals surface area contributed by atoms with Crippen molar-refractivity contribution < 1.29 is 9.84 Å². The normalized spacial score (nSPS) is 20.6. The van der Waals surface area contributed by atoms with Crippen LogP contribution in [0.4, 0.5) is 0 Å². The Morgan fingerprint density at radius 3 is 3.15 bits per heavy atom. The van der Waals surface area contributed by atoms with Crippen LogP contribution in [0.25, 0.3) is 0 Å². The largest absolute Gasteiger partial charge is 0.493 e. The summed E-state index contributed by atoms with van der Waals surface area (Å²) in [6.45, 7) is 2.73. The third kappa shape index (κ3) is 1.54. The van der Waals surface area contributed by atoms with E-state index in [0.29, 0.717) is 13.0 Å². The fraction of sp³-hybridized carbons (Fsp3) is 0.455. The molecule has 0 saturated carbocycles. The SMILES string of the molecule is CCc1ccc2c(c1)[C@H](O)CCO2. The molecule has 0 aromatic heterocycles. The van der Waals surface area contributed by atoms with Gasteiger partial charge in [0.15, 0.2) is 0 Å². The molecule has 0 radical (unpaired) electrons. The van der Waals surface area contributed by atoms with Crippen molar-refractivity contribution in [1.82, 2.24) is 0 Å². The van der Waals surface area contributed by atoms with E-state index in [4.69, 9.17) is 4.74 Å². The summed E-state index contributed by atoms with van der Waals surface area (Å²) in [5.41, 5.74) is 2.20. The van der Waals surface area contributed by atoms with Gasteiger partial charge in [-0.2, -0.15) is 0 Å². The highest BCUT2D eigenvalue weighted by Crippen LogP contribution is 2.32. The monoisotopic (exact) mass is 178 g/mol. The van der Waals surface area contributed by atoms with Crippen molar-refractivity contribution in [2.45, 2.75) is 25.9 Å². The summed E-state index contributed by atoms with van der Waals surface area (Å²) in [6.07, 6.45) is 1.37. The van der Waals surface area contributed by atoms with Gasteiger partial charge in [0.1, 0.15) is 5.75 Å². The van der Waals surface area contributed by atoms with Crippen molar-refractivity contribution >= 4 is 0 Å². The first kappa shape index (κ1) is 8.57. The van der Waals surface area contributed by atoms with Gasteiger partial charge in [-0.3, -0.25) is 0 Å². The highest BCUT2D eigenvalue weighted by molar-refractivity contribution is 5.39. The summed E-state index contributed by atoms with van der Waals surface area (Å²) >= 11 is 0. The molecule has 1 N–H and O–H groups in total. The summed E-state index contributed by atoms with van der Waals surface area (Å²) in [5.74, 6) is 0.843. The van der Waals surface area contributed by atoms with Gasteiger partial charge in [0, 0.05) is 12.0 Å². The van der Waals surface area contributed by atoms with Crippen molar-refractivity contribution in [3.8, 4) is 5.75 Å². The van der Waals surface area contributed by atoms with Crippen LogP contribution in [-0.4, -0.2) is 11.7 Å². The van der Waals surface area contributed by atoms with Crippen LogP contribution in [0, 0.1) is 0 Å². The summed E-state index contributed by atoms with van der Waals surface area (Å²) in [5, 5.41) is 9.70. The van der Waals surface area contributed by atoms with Crippen molar-refractivity contribution in [2.75, 3.05) is 6.61 Å². The summed E-state index contributed by atoms with van der Waals surface area (Å²) in [4.78, 5) is 0. The molecule has 0 saturated heterocycles. The Hall–Kier alpha value is -1.02. The molecule has 1 aromatic carbocycles. The topological polar surface area (TPSA) is 29.5 Å². The summed E-state index contributed by atoms with van der Waals surface area (Å²) in [6, 6.07) is 6.05. The van der Waals surface area contributed by atoms with E-state index in [-0.39, 0.29) is 6.10 Å². The predicted molar refractivity (Wildman–Crippen MR) is 50.9 cm³/mol. The number of rotatable bonds is 1. The molecule has 1 heterocycles. The van der Waals surface area contributed by atoms with Crippen molar-refractivity contribution in [3.63, 3.8) is 0 Å². The minimum Gasteiger partial charge on any atom is -0.493 e. The van der Waals surface area contributed by atoms with Crippen LogP contribution in [0.2, 0.25) is 0 Å². The molecule has 0 spiro atoms. The second-order valence-corrected chi connectivity index (χ2v) is 3.38. The van der Waals surface area contributed by atoms with Gasteiger partial charge < -0.3 is 9.84 Å². The van der Waals surface area contributed by atoms with E-state index in [9.17, 15) is 5.11 Å². The zero-order chi connectivity index (χ0) is 9.26. The average Bonchev–Trinajstić information content (AvgIpc) is 2.18. The fourth-order valence-corrected chi connectivity index (χ4v) is 1.65. The highest BCUT2D eigenvalue weighted by atomic mass is 16.5. The smallest absolute Gasteiger partial charge is 0.125 e. The Morgan fingerprint density at radius 1 is 1.54 bits per heavy atom. The molecule has 13 heavy (non-hydrogen) atoms. The van der Waals surface area contributed by atoms with Gasteiger partial charge in [-0.25, -0.2) is 0 Å². The lowest BCUT2D eigenvalue weighted by molar-refractivity contribution is 0.115. The van der Waals surface area contributed by atoms with Crippen LogP contribution in [0.3, 0.4) is 0 Å². The zero-order valence-corrected chi connectivity index (χ0v) is 7.79. The fourth-order valence-electron chi connectivity index (χ4n) is 1.65. The lowest BCUT2D eigenvalue weighted by Gasteiger charge is -2.22. The molecule has 2 rings (SSSR count). The van der Waals surface area contributed by atoms with Crippen LogP contribution >= 0.6 is 0 Å². The zero-order valence-electron chi connectivity index (χ0n) is 7.79. The summed E-state index contributed by atoms with van der Waals surface area (Å²) in [7, 11) is 0. The molecule has 1 aliphatic rings. The molecule has 2 heteroatoms. The minimum atomic E-state index is -0.338. The van der Waals surface area contributed by atoms with Gasteiger partial charge in [-0.15, -0.1) is 0 Å². The number of benzene rings is 1. The van der Waals surface area contributed by atoms with E-state index in [1.165, 1.54) is 5.56 Å². The molecule has 0 aliphatic carbocycles. The first-order valence-electron chi connectivity index (χ1n) is 4.75. The minimum absolute atomic E-state index is 0.338. The molecule has 0 unspecified atom stereocenters. The maximum atomic E-state index is 9.70. The quantitative estimate of drug-likeness (QED) is 0.713. The number of ether oxygens (including phenoxy) is 1. The number of aliphatic hydroxyl groups excluding tert-OH is 1. The van der Waals surface area contributed by atoms with E-state index < -0.39 is 0 Å². The maximum absolute atomic E-state index is 9.70. The second-order valence-electron chi connectivity index (χ2n) is 3.38. The average molecular weight is 178 g/mol. The predicted octanol–water partition coefficient (Wildman–Crippen LogP) is 2.06. The van der Waals surface area contributed by atoms with Crippen LogP contribution < -0.4 is 4.74 Å². The van der Waals surface area contributed by atoms with Gasteiger partial charge in [0.2, 0.25) is 0 Å². The highest BCUT2D eigenvalue weighted by Gasteiger charge is 2.18. The maximum Gasteiger partial charge on any atom is 0.125 e.